The summed E-state index contributed by atoms with van der Waals surface area (Å²) in [4.78, 5) is 30.6. The van der Waals surface area contributed by atoms with Crippen LogP contribution in [0.25, 0.3) is 22.8 Å². The van der Waals surface area contributed by atoms with Gasteiger partial charge in [0.2, 0.25) is 0 Å². The van der Waals surface area contributed by atoms with Crippen LogP contribution < -0.4 is 4.74 Å². The average Bonchev–Trinajstić information content (AvgIpc) is 2.96. The molecule has 4 aromatic rings. The molecule has 6 heteroatoms. The number of carbonyl (C=O) groups is 1. The van der Waals surface area contributed by atoms with Gasteiger partial charge in [0.1, 0.15) is 5.75 Å². The minimum atomic E-state index is -0.417. The van der Waals surface area contributed by atoms with Crippen molar-refractivity contribution >= 4 is 5.97 Å². The third-order valence-corrected chi connectivity index (χ3v) is 6.47. The molecular weight excluding hydrogens is 472 g/mol. The number of nitrogens with zero attached hydrogens (tertiary/aromatic N) is 4. The summed E-state index contributed by atoms with van der Waals surface area (Å²) >= 11 is 0. The smallest absolute Gasteiger partial charge is 0.343 e. The van der Waals surface area contributed by atoms with E-state index < -0.39 is 5.97 Å². The van der Waals surface area contributed by atoms with Gasteiger partial charge in [-0.1, -0.05) is 64.5 Å². The van der Waals surface area contributed by atoms with E-state index in [0.717, 1.165) is 41.5 Å². The Balaban J connectivity index is 1.29. The number of aryl methyl sites for hydroxylation is 2. The van der Waals surface area contributed by atoms with Crippen LogP contribution in [0, 0.1) is 0 Å². The molecule has 0 amide bonds. The Morgan fingerprint density at radius 1 is 0.605 bits per heavy atom. The molecule has 0 atom stereocenters. The summed E-state index contributed by atoms with van der Waals surface area (Å²) in [5.41, 5.74) is 4.49. The Kier molecular flexibility index (Phi) is 10.1. The molecule has 0 aliphatic rings. The molecule has 0 aliphatic carbocycles. The second-order valence-electron chi connectivity index (χ2n) is 9.59. The lowest BCUT2D eigenvalue weighted by Gasteiger charge is -2.07. The molecule has 4 rings (SSSR count). The summed E-state index contributed by atoms with van der Waals surface area (Å²) in [5.74, 6) is 1.35. The highest BCUT2D eigenvalue weighted by atomic mass is 16.5. The van der Waals surface area contributed by atoms with E-state index in [0.29, 0.717) is 23.0 Å². The number of unbranched alkanes of at least 4 members (excludes halogenated alkanes) is 5. The van der Waals surface area contributed by atoms with Gasteiger partial charge in [-0.3, -0.25) is 0 Å². The van der Waals surface area contributed by atoms with Crippen LogP contribution in [0.2, 0.25) is 0 Å². The van der Waals surface area contributed by atoms with Crippen molar-refractivity contribution in [2.75, 3.05) is 0 Å². The molecule has 6 nitrogen and oxygen atoms in total. The lowest BCUT2D eigenvalue weighted by atomic mass is 10.1. The zero-order chi connectivity index (χ0) is 26.6. The SMILES string of the molecule is CCCCCCCCc1cnc(-c2ccc(C(=O)Oc3ccc(-c4ncc(CCC)cn4)cc3)cc2)nc1. The standard InChI is InChI=1S/C32H36N4O2/c1-3-5-6-7-8-9-11-25-22-35-30(36-23-25)26-12-14-28(15-13-26)32(37)38-29-18-16-27(17-19-29)31-33-20-24(10-4-2)21-34-31/h12-23H,3-11H2,1-2H3. The van der Waals surface area contributed by atoms with Crippen molar-refractivity contribution in [3.8, 4) is 28.5 Å². The first-order chi connectivity index (χ1) is 18.7. The highest BCUT2D eigenvalue weighted by Crippen LogP contribution is 2.21. The number of rotatable bonds is 13. The van der Waals surface area contributed by atoms with Crippen LogP contribution in [0.4, 0.5) is 0 Å². The number of carbonyl (C=O) groups excluding carboxylic acids is 1. The summed E-state index contributed by atoms with van der Waals surface area (Å²) in [6.07, 6.45) is 18.2. The van der Waals surface area contributed by atoms with Gasteiger partial charge in [-0.05, 0) is 66.8 Å². The molecule has 196 valence electrons. The van der Waals surface area contributed by atoms with Gasteiger partial charge in [0, 0.05) is 35.9 Å². The minimum absolute atomic E-state index is 0.417. The van der Waals surface area contributed by atoms with E-state index in [1.807, 2.05) is 49.1 Å². The molecule has 0 fully saturated rings. The molecule has 0 N–H and O–H groups in total. The van der Waals surface area contributed by atoms with Crippen molar-refractivity contribution in [2.45, 2.75) is 71.6 Å². The van der Waals surface area contributed by atoms with Crippen molar-refractivity contribution in [1.29, 1.82) is 0 Å². The normalized spacial score (nSPS) is 10.9. The van der Waals surface area contributed by atoms with E-state index in [1.165, 1.54) is 38.5 Å². The number of esters is 1. The maximum absolute atomic E-state index is 12.7. The van der Waals surface area contributed by atoms with Crippen LogP contribution in [0.1, 0.15) is 80.3 Å². The lowest BCUT2D eigenvalue weighted by Crippen LogP contribution is -2.08. The molecule has 0 saturated heterocycles. The van der Waals surface area contributed by atoms with E-state index in [9.17, 15) is 4.79 Å². The van der Waals surface area contributed by atoms with Crippen LogP contribution in [0.15, 0.2) is 73.3 Å². The fourth-order valence-electron chi connectivity index (χ4n) is 4.26. The van der Waals surface area contributed by atoms with E-state index in [1.54, 1.807) is 24.3 Å². The fourth-order valence-corrected chi connectivity index (χ4v) is 4.26. The molecular formula is C32H36N4O2. The van der Waals surface area contributed by atoms with Gasteiger partial charge >= 0.3 is 5.97 Å². The molecule has 0 saturated carbocycles. The van der Waals surface area contributed by atoms with E-state index >= 15 is 0 Å². The maximum Gasteiger partial charge on any atom is 0.343 e. The summed E-state index contributed by atoms with van der Waals surface area (Å²) < 4.78 is 5.56. The van der Waals surface area contributed by atoms with Crippen LogP contribution in [-0.4, -0.2) is 25.9 Å². The highest BCUT2D eigenvalue weighted by Gasteiger charge is 2.11. The van der Waals surface area contributed by atoms with Crippen molar-refractivity contribution in [1.82, 2.24) is 19.9 Å². The van der Waals surface area contributed by atoms with Crippen molar-refractivity contribution in [3.63, 3.8) is 0 Å². The topological polar surface area (TPSA) is 77.9 Å². The van der Waals surface area contributed by atoms with Gasteiger partial charge in [-0.15, -0.1) is 0 Å². The second kappa shape index (κ2) is 14.1. The monoisotopic (exact) mass is 508 g/mol. The number of hydrogen-bond donors (Lipinski definition) is 0. The highest BCUT2D eigenvalue weighted by molar-refractivity contribution is 5.91. The fraction of sp³-hybridized carbons (Fsp3) is 0.344. The summed E-state index contributed by atoms with van der Waals surface area (Å²) in [5, 5.41) is 0. The van der Waals surface area contributed by atoms with Gasteiger partial charge < -0.3 is 4.74 Å². The molecule has 0 bridgehead atoms. The van der Waals surface area contributed by atoms with Crippen LogP contribution >= 0.6 is 0 Å². The van der Waals surface area contributed by atoms with E-state index in [2.05, 4.69) is 33.8 Å². The number of aromatic nitrogens is 4. The van der Waals surface area contributed by atoms with Gasteiger partial charge in [0.05, 0.1) is 5.56 Å². The van der Waals surface area contributed by atoms with E-state index in [-0.39, 0.29) is 0 Å². The number of benzene rings is 2. The lowest BCUT2D eigenvalue weighted by molar-refractivity contribution is 0.0735. The average molecular weight is 509 g/mol. The molecule has 0 unspecified atom stereocenters. The molecule has 38 heavy (non-hydrogen) atoms. The molecule has 2 heterocycles. The minimum Gasteiger partial charge on any atom is -0.423 e. The number of hydrogen-bond acceptors (Lipinski definition) is 6. The quantitative estimate of drug-likeness (QED) is 0.105. The molecule has 2 aromatic carbocycles. The first-order valence-electron chi connectivity index (χ1n) is 13.7. The maximum atomic E-state index is 12.7. The van der Waals surface area contributed by atoms with Crippen molar-refractivity contribution in [2.24, 2.45) is 0 Å². The van der Waals surface area contributed by atoms with Crippen LogP contribution in [-0.2, 0) is 12.8 Å². The molecule has 0 aliphatic heterocycles. The molecule has 2 aromatic heterocycles. The Bertz CT molecular complexity index is 1270. The van der Waals surface area contributed by atoms with Gasteiger partial charge in [-0.2, -0.15) is 0 Å². The van der Waals surface area contributed by atoms with Crippen LogP contribution in [0.5, 0.6) is 5.75 Å². The van der Waals surface area contributed by atoms with Crippen LogP contribution in [0.3, 0.4) is 0 Å². The third-order valence-electron chi connectivity index (χ3n) is 6.47. The van der Waals surface area contributed by atoms with Gasteiger partial charge in [0.15, 0.2) is 11.6 Å². The predicted molar refractivity (Wildman–Crippen MR) is 151 cm³/mol. The second-order valence-corrected chi connectivity index (χ2v) is 9.59. The molecule has 0 spiro atoms. The summed E-state index contributed by atoms with van der Waals surface area (Å²) in [6, 6.07) is 14.4. The summed E-state index contributed by atoms with van der Waals surface area (Å²) in [6.45, 7) is 4.37. The first kappa shape index (κ1) is 27.1. The van der Waals surface area contributed by atoms with Gasteiger partial charge in [-0.25, -0.2) is 24.7 Å². The van der Waals surface area contributed by atoms with Crippen molar-refractivity contribution < 1.29 is 9.53 Å². The Labute approximate surface area is 225 Å². The Morgan fingerprint density at radius 2 is 1.11 bits per heavy atom. The summed E-state index contributed by atoms with van der Waals surface area (Å²) in [7, 11) is 0. The molecule has 0 radical (unpaired) electrons. The third kappa shape index (κ3) is 7.78. The van der Waals surface area contributed by atoms with Gasteiger partial charge in [0.25, 0.3) is 0 Å². The first-order valence-corrected chi connectivity index (χ1v) is 13.7. The van der Waals surface area contributed by atoms with E-state index in [4.69, 9.17) is 4.74 Å². The Hall–Kier alpha value is -3.93. The zero-order valence-electron chi connectivity index (χ0n) is 22.4. The predicted octanol–water partition coefficient (Wildman–Crippen LogP) is 7.68. The Morgan fingerprint density at radius 3 is 1.66 bits per heavy atom. The zero-order valence-corrected chi connectivity index (χ0v) is 22.4. The van der Waals surface area contributed by atoms with Crippen molar-refractivity contribution in [3.05, 3.63) is 90.0 Å². The number of ether oxygens (including phenoxy) is 1. The largest absolute Gasteiger partial charge is 0.423 e.